The Hall–Kier alpha value is -4.44. The molecule has 0 aromatic heterocycles. The minimum atomic E-state index is -2.64. The van der Waals surface area contributed by atoms with E-state index in [1.807, 2.05) is 12.1 Å². The molecular formula is C32H32N2O8. The van der Waals surface area contributed by atoms with Gasteiger partial charge in [0, 0.05) is 29.0 Å². The van der Waals surface area contributed by atoms with Gasteiger partial charge in [-0.2, -0.15) is 0 Å². The highest BCUT2D eigenvalue weighted by atomic mass is 16.3. The minimum Gasteiger partial charge on any atom is -0.508 e. The van der Waals surface area contributed by atoms with E-state index in [-0.39, 0.29) is 41.6 Å². The Bertz CT molecular complexity index is 1630. The van der Waals surface area contributed by atoms with E-state index in [0.717, 1.165) is 18.4 Å². The number of aromatic hydroxyl groups is 1. The fourth-order valence-electron chi connectivity index (χ4n) is 7.08. The van der Waals surface area contributed by atoms with Crippen LogP contribution in [-0.4, -0.2) is 49.4 Å². The summed E-state index contributed by atoms with van der Waals surface area (Å²) in [6.07, 6.45) is 2.02. The number of nitrogens with one attached hydrogen (secondary N) is 1. The van der Waals surface area contributed by atoms with Crippen molar-refractivity contribution in [1.82, 2.24) is 0 Å². The highest BCUT2D eigenvalue weighted by Gasteiger charge is 2.64. The standard InChI is InChI=1S/C32H32N2O8/c1-13(2)22-20-12-16-11-19-18(14-5-7-17(8-6-14)34-31(41)15-3-4-15)9-10-21(35)24(19)27(37)23(16)28(38)32(20,42)29(39)25(26(22)36)30(33)40/h5-10,13,15-16,20,22,35,37,39,42H,3-4,11-12H2,1-2H3,(H2,33,40)(H,34,41)/t16-,20-,22-,32-/m0/s1. The topological polar surface area (TPSA) is 187 Å². The number of fused-ring (bicyclic) bond motifs is 3. The monoisotopic (exact) mass is 572 g/mol. The summed E-state index contributed by atoms with van der Waals surface area (Å²) in [4.78, 5) is 51.6. The number of ketones is 2. The van der Waals surface area contributed by atoms with Crippen molar-refractivity contribution in [2.75, 3.05) is 5.32 Å². The van der Waals surface area contributed by atoms with E-state index in [1.165, 1.54) is 6.07 Å². The molecule has 42 heavy (non-hydrogen) atoms. The third-order valence-corrected chi connectivity index (χ3v) is 9.26. The van der Waals surface area contributed by atoms with Crippen LogP contribution in [0.5, 0.6) is 5.75 Å². The number of nitrogens with two attached hydrogens (primary N) is 1. The van der Waals surface area contributed by atoms with Crippen LogP contribution in [0.25, 0.3) is 16.9 Å². The SMILES string of the molecule is CC(C)[C@@H]1C(=O)C(C(N)=O)=C(O)[C@@]2(O)C(=O)C3=C(O)c4c(O)ccc(-c5ccc(NC(=O)C6CC6)cc5)c4C[C@H]3C[C@@H]12. The van der Waals surface area contributed by atoms with Crippen molar-refractivity contribution in [3.63, 3.8) is 0 Å². The van der Waals surface area contributed by atoms with E-state index in [2.05, 4.69) is 5.32 Å². The largest absolute Gasteiger partial charge is 0.508 e. The van der Waals surface area contributed by atoms with Gasteiger partial charge in [0.2, 0.25) is 11.7 Å². The average molecular weight is 573 g/mol. The van der Waals surface area contributed by atoms with Gasteiger partial charge in [-0.1, -0.05) is 32.0 Å². The Morgan fingerprint density at radius 3 is 2.29 bits per heavy atom. The Balaban J connectivity index is 1.45. The number of Topliss-reactive ketones (excluding diaryl/α,β-unsaturated/α-hetero) is 2. The molecule has 0 unspecified atom stereocenters. The molecule has 0 spiro atoms. The molecule has 0 radical (unpaired) electrons. The first-order chi connectivity index (χ1) is 19.9. The van der Waals surface area contributed by atoms with Gasteiger partial charge in [0.15, 0.2) is 11.4 Å². The molecular weight excluding hydrogens is 540 g/mol. The highest BCUT2D eigenvalue weighted by molar-refractivity contribution is 6.23. The Morgan fingerprint density at radius 1 is 1.02 bits per heavy atom. The summed E-state index contributed by atoms with van der Waals surface area (Å²) in [6.45, 7) is 3.45. The first kappa shape index (κ1) is 27.7. The fourth-order valence-corrected chi connectivity index (χ4v) is 7.08. The lowest BCUT2D eigenvalue weighted by Crippen LogP contribution is -2.62. The van der Waals surface area contributed by atoms with Gasteiger partial charge in [-0.05, 0) is 72.4 Å². The number of amides is 2. The van der Waals surface area contributed by atoms with Crippen molar-refractivity contribution in [2.45, 2.75) is 45.1 Å². The number of hydrogen-bond acceptors (Lipinski definition) is 8. The van der Waals surface area contributed by atoms with Crippen molar-refractivity contribution < 1.29 is 39.6 Å². The number of carbonyl (C=O) groups is 4. The second-order valence-corrected chi connectivity index (χ2v) is 12.1. The Labute approximate surface area is 241 Å². The van der Waals surface area contributed by atoms with Crippen molar-refractivity contribution >= 4 is 34.8 Å². The number of aliphatic hydroxyl groups is 3. The summed E-state index contributed by atoms with van der Waals surface area (Å²) in [6, 6.07) is 10.3. The zero-order chi connectivity index (χ0) is 30.2. The number of rotatable bonds is 5. The lowest BCUT2D eigenvalue weighted by atomic mass is 9.54. The van der Waals surface area contributed by atoms with Gasteiger partial charge in [-0.3, -0.25) is 19.2 Å². The molecule has 2 aromatic rings. The van der Waals surface area contributed by atoms with Crippen LogP contribution in [0.3, 0.4) is 0 Å². The molecule has 0 aliphatic heterocycles. The zero-order valence-electron chi connectivity index (χ0n) is 23.2. The van der Waals surface area contributed by atoms with Gasteiger partial charge in [0.05, 0.1) is 5.56 Å². The van der Waals surface area contributed by atoms with Crippen molar-refractivity contribution in [3.05, 3.63) is 64.4 Å². The molecule has 2 fully saturated rings. The molecule has 4 aliphatic rings. The third-order valence-electron chi connectivity index (χ3n) is 9.26. The number of aliphatic hydroxyl groups excluding tert-OH is 2. The van der Waals surface area contributed by atoms with Crippen LogP contribution in [0.4, 0.5) is 5.69 Å². The van der Waals surface area contributed by atoms with E-state index in [9.17, 15) is 39.6 Å². The van der Waals surface area contributed by atoms with Gasteiger partial charge >= 0.3 is 0 Å². The number of benzene rings is 2. The van der Waals surface area contributed by atoms with Gasteiger partial charge in [0.25, 0.3) is 5.91 Å². The summed E-state index contributed by atoms with van der Waals surface area (Å²) >= 11 is 0. The summed E-state index contributed by atoms with van der Waals surface area (Å²) in [7, 11) is 0. The van der Waals surface area contributed by atoms with E-state index < -0.39 is 63.8 Å². The number of carbonyl (C=O) groups excluding carboxylic acids is 4. The lowest BCUT2D eigenvalue weighted by molar-refractivity contribution is -0.155. The lowest BCUT2D eigenvalue weighted by Gasteiger charge is -2.50. The van der Waals surface area contributed by atoms with Crippen molar-refractivity contribution in [1.29, 1.82) is 0 Å². The van der Waals surface area contributed by atoms with Gasteiger partial charge < -0.3 is 31.5 Å². The number of phenols is 1. The molecule has 6 rings (SSSR count). The van der Waals surface area contributed by atoms with Crippen LogP contribution in [0.15, 0.2) is 53.3 Å². The maximum atomic E-state index is 14.0. The van der Waals surface area contributed by atoms with Crippen LogP contribution < -0.4 is 11.1 Å². The van der Waals surface area contributed by atoms with Crippen LogP contribution >= 0.6 is 0 Å². The molecule has 7 N–H and O–H groups in total. The van der Waals surface area contributed by atoms with Gasteiger partial charge in [-0.25, -0.2) is 0 Å². The van der Waals surface area contributed by atoms with Crippen LogP contribution in [0.1, 0.15) is 44.2 Å². The maximum absolute atomic E-state index is 14.0. The normalized spacial score (nSPS) is 27.0. The molecule has 218 valence electrons. The average Bonchev–Trinajstić information content (AvgIpc) is 3.77. The molecule has 2 aromatic carbocycles. The van der Waals surface area contributed by atoms with E-state index >= 15 is 0 Å². The molecule has 0 bridgehead atoms. The van der Waals surface area contributed by atoms with Gasteiger partial charge in [-0.15, -0.1) is 0 Å². The van der Waals surface area contributed by atoms with Crippen LogP contribution in [-0.2, 0) is 25.6 Å². The summed E-state index contributed by atoms with van der Waals surface area (Å²) in [5.41, 5.74) is 4.47. The molecule has 0 saturated heterocycles. The first-order valence-electron chi connectivity index (χ1n) is 14.1. The highest BCUT2D eigenvalue weighted by Crippen LogP contribution is 2.55. The van der Waals surface area contributed by atoms with Crippen molar-refractivity contribution in [2.24, 2.45) is 35.3 Å². The second-order valence-electron chi connectivity index (χ2n) is 12.1. The number of anilines is 1. The summed E-state index contributed by atoms with van der Waals surface area (Å²) in [5, 5.41) is 47.9. The molecule has 2 amide bonds. The van der Waals surface area contributed by atoms with Gasteiger partial charge in [0.1, 0.15) is 22.8 Å². The molecule has 10 nitrogen and oxygen atoms in total. The zero-order valence-corrected chi connectivity index (χ0v) is 23.2. The smallest absolute Gasteiger partial charge is 0.255 e. The number of hydrogen-bond donors (Lipinski definition) is 6. The molecule has 0 heterocycles. The maximum Gasteiger partial charge on any atom is 0.255 e. The van der Waals surface area contributed by atoms with E-state index in [0.29, 0.717) is 16.8 Å². The fraction of sp³-hybridized carbons (Fsp3) is 0.375. The predicted molar refractivity (Wildman–Crippen MR) is 152 cm³/mol. The number of phenolic OH excluding ortho intramolecular Hbond substituents is 1. The summed E-state index contributed by atoms with van der Waals surface area (Å²) in [5.74, 6) is -7.96. The molecule has 4 atom stereocenters. The first-order valence-corrected chi connectivity index (χ1v) is 14.1. The molecule has 4 aliphatic carbocycles. The Kier molecular flexibility index (Phi) is 6.31. The van der Waals surface area contributed by atoms with Crippen LogP contribution in [0.2, 0.25) is 0 Å². The summed E-state index contributed by atoms with van der Waals surface area (Å²) < 4.78 is 0. The van der Waals surface area contributed by atoms with Crippen molar-refractivity contribution in [3.8, 4) is 16.9 Å². The number of primary amides is 1. The quantitative estimate of drug-likeness (QED) is 0.294. The molecule has 10 heteroatoms. The Morgan fingerprint density at radius 2 is 1.69 bits per heavy atom. The van der Waals surface area contributed by atoms with E-state index in [4.69, 9.17) is 5.73 Å². The predicted octanol–water partition coefficient (Wildman–Crippen LogP) is 3.32. The van der Waals surface area contributed by atoms with E-state index in [1.54, 1.807) is 32.0 Å². The second kappa shape index (κ2) is 9.55. The molecule has 2 saturated carbocycles. The van der Waals surface area contributed by atoms with Crippen LogP contribution in [0, 0.1) is 29.6 Å². The minimum absolute atomic E-state index is 0.0148. The third kappa shape index (κ3) is 3.96.